The number of hydrogen-bond acceptors (Lipinski definition) is 3. The van der Waals surface area contributed by atoms with Gasteiger partial charge in [-0.2, -0.15) is 5.06 Å². The van der Waals surface area contributed by atoms with E-state index in [0.29, 0.717) is 6.61 Å². The SMILES string of the molecule is C#CCON1CCNC(C)(CC)C1. The molecule has 0 aromatic heterocycles. The first-order valence-corrected chi connectivity index (χ1v) is 4.76. The van der Waals surface area contributed by atoms with Gasteiger partial charge in [0.05, 0.1) is 0 Å². The number of terminal acetylenes is 1. The molecule has 0 aromatic carbocycles. The molecule has 74 valence electrons. The molecule has 1 unspecified atom stereocenters. The van der Waals surface area contributed by atoms with Gasteiger partial charge in [-0.15, -0.1) is 6.42 Å². The van der Waals surface area contributed by atoms with Gasteiger partial charge >= 0.3 is 0 Å². The Morgan fingerprint density at radius 1 is 1.69 bits per heavy atom. The Hall–Kier alpha value is -0.560. The molecule has 1 atom stereocenters. The molecule has 1 aliphatic rings. The summed E-state index contributed by atoms with van der Waals surface area (Å²) < 4.78 is 0. The highest BCUT2D eigenvalue weighted by Gasteiger charge is 2.28. The summed E-state index contributed by atoms with van der Waals surface area (Å²) in [6.45, 7) is 7.55. The van der Waals surface area contributed by atoms with Crippen molar-refractivity contribution in [3.63, 3.8) is 0 Å². The molecule has 0 spiro atoms. The van der Waals surface area contributed by atoms with E-state index in [0.717, 1.165) is 26.1 Å². The average Bonchev–Trinajstić information content (AvgIpc) is 2.15. The molecule has 1 aliphatic heterocycles. The van der Waals surface area contributed by atoms with Crippen molar-refractivity contribution in [1.29, 1.82) is 0 Å². The van der Waals surface area contributed by atoms with Crippen molar-refractivity contribution in [3.8, 4) is 12.3 Å². The highest BCUT2D eigenvalue weighted by Crippen LogP contribution is 2.14. The summed E-state index contributed by atoms with van der Waals surface area (Å²) in [5.41, 5.74) is 0.173. The van der Waals surface area contributed by atoms with Gasteiger partial charge < -0.3 is 5.32 Å². The van der Waals surface area contributed by atoms with Gasteiger partial charge in [0.2, 0.25) is 0 Å². The van der Waals surface area contributed by atoms with E-state index in [2.05, 4.69) is 25.1 Å². The van der Waals surface area contributed by atoms with Gasteiger partial charge in [-0.1, -0.05) is 12.8 Å². The van der Waals surface area contributed by atoms with Gasteiger partial charge in [0.1, 0.15) is 6.61 Å². The number of nitrogens with zero attached hydrogens (tertiary/aromatic N) is 1. The summed E-state index contributed by atoms with van der Waals surface area (Å²) in [5, 5.41) is 5.44. The van der Waals surface area contributed by atoms with Crippen LogP contribution in [0.25, 0.3) is 0 Å². The van der Waals surface area contributed by atoms with E-state index >= 15 is 0 Å². The molecule has 0 bridgehead atoms. The van der Waals surface area contributed by atoms with Crippen molar-refractivity contribution < 1.29 is 4.84 Å². The van der Waals surface area contributed by atoms with Crippen LogP contribution in [-0.2, 0) is 4.84 Å². The number of hydroxylamine groups is 2. The number of rotatable bonds is 3. The van der Waals surface area contributed by atoms with E-state index in [9.17, 15) is 0 Å². The van der Waals surface area contributed by atoms with Crippen LogP contribution in [0.5, 0.6) is 0 Å². The summed E-state index contributed by atoms with van der Waals surface area (Å²) in [6, 6.07) is 0. The maximum absolute atomic E-state index is 5.39. The molecule has 1 heterocycles. The molecular formula is C10H18N2O. The van der Waals surface area contributed by atoms with Crippen LogP contribution in [0.2, 0.25) is 0 Å². The van der Waals surface area contributed by atoms with Crippen LogP contribution in [0.4, 0.5) is 0 Å². The summed E-state index contributed by atoms with van der Waals surface area (Å²) in [4.78, 5) is 5.39. The number of nitrogens with one attached hydrogen (secondary N) is 1. The minimum atomic E-state index is 0.173. The lowest BCUT2D eigenvalue weighted by molar-refractivity contribution is -0.169. The summed E-state index contributed by atoms with van der Waals surface area (Å²) in [6.07, 6.45) is 6.23. The first kappa shape index (κ1) is 10.5. The Labute approximate surface area is 80.4 Å². The first-order valence-electron chi connectivity index (χ1n) is 4.76. The Balaban J connectivity index is 2.38. The third-order valence-electron chi connectivity index (χ3n) is 2.55. The summed E-state index contributed by atoms with van der Waals surface area (Å²) >= 11 is 0. The van der Waals surface area contributed by atoms with Gasteiger partial charge in [0, 0.05) is 25.2 Å². The Bertz CT molecular complexity index is 200. The second-order valence-electron chi connectivity index (χ2n) is 3.68. The maximum Gasteiger partial charge on any atom is 0.129 e. The van der Waals surface area contributed by atoms with Crippen LogP contribution >= 0.6 is 0 Å². The van der Waals surface area contributed by atoms with Crippen molar-refractivity contribution in [2.45, 2.75) is 25.8 Å². The third-order valence-corrected chi connectivity index (χ3v) is 2.55. The van der Waals surface area contributed by atoms with Crippen LogP contribution in [0, 0.1) is 12.3 Å². The molecule has 3 nitrogen and oxygen atoms in total. The zero-order valence-corrected chi connectivity index (χ0v) is 8.47. The Morgan fingerprint density at radius 3 is 3.08 bits per heavy atom. The van der Waals surface area contributed by atoms with Crippen molar-refractivity contribution in [2.24, 2.45) is 0 Å². The second-order valence-corrected chi connectivity index (χ2v) is 3.68. The van der Waals surface area contributed by atoms with E-state index in [1.807, 2.05) is 5.06 Å². The fourth-order valence-corrected chi connectivity index (χ4v) is 1.48. The molecule has 0 amide bonds. The zero-order valence-electron chi connectivity index (χ0n) is 8.47. The lowest BCUT2D eigenvalue weighted by Gasteiger charge is -2.39. The Morgan fingerprint density at radius 2 is 2.46 bits per heavy atom. The highest BCUT2D eigenvalue weighted by molar-refractivity contribution is 4.88. The van der Waals surface area contributed by atoms with E-state index in [1.165, 1.54) is 0 Å². The van der Waals surface area contributed by atoms with Crippen molar-refractivity contribution >= 4 is 0 Å². The van der Waals surface area contributed by atoms with Gasteiger partial charge in [-0.05, 0) is 13.3 Å². The van der Waals surface area contributed by atoms with Gasteiger partial charge in [-0.25, -0.2) is 0 Å². The fraction of sp³-hybridized carbons (Fsp3) is 0.800. The minimum absolute atomic E-state index is 0.173. The normalized spacial score (nSPS) is 29.9. The number of hydrogen-bond donors (Lipinski definition) is 1. The topological polar surface area (TPSA) is 24.5 Å². The molecule has 1 saturated heterocycles. The van der Waals surface area contributed by atoms with Gasteiger partial charge in [0.25, 0.3) is 0 Å². The van der Waals surface area contributed by atoms with Crippen LogP contribution in [-0.4, -0.2) is 36.8 Å². The van der Waals surface area contributed by atoms with Crippen molar-refractivity contribution in [2.75, 3.05) is 26.2 Å². The van der Waals surface area contributed by atoms with Crippen molar-refractivity contribution in [3.05, 3.63) is 0 Å². The maximum atomic E-state index is 5.39. The lowest BCUT2D eigenvalue weighted by atomic mass is 9.97. The molecule has 3 heteroatoms. The van der Waals surface area contributed by atoms with E-state index in [4.69, 9.17) is 11.3 Å². The van der Waals surface area contributed by atoms with Gasteiger partial charge in [-0.3, -0.25) is 4.84 Å². The molecule has 0 aromatic rings. The van der Waals surface area contributed by atoms with Crippen LogP contribution < -0.4 is 5.32 Å². The average molecular weight is 182 g/mol. The Kier molecular flexibility index (Phi) is 3.73. The van der Waals surface area contributed by atoms with Crippen LogP contribution in [0.15, 0.2) is 0 Å². The standard InChI is InChI=1S/C10H18N2O/c1-4-8-13-12-7-6-11-10(3,5-2)9-12/h1,11H,5-9H2,2-3H3. The fourth-order valence-electron chi connectivity index (χ4n) is 1.48. The van der Waals surface area contributed by atoms with Crippen LogP contribution in [0.3, 0.4) is 0 Å². The molecule has 1 N–H and O–H groups in total. The molecule has 1 fully saturated rings. The molecule has 0 aliphatic carbocycles. The smallest absolute Gasteiger partial charge is 0.129 e. The highest BCUT2D eigenvalue weighted by atomic mass is 16.7. The molecule has 13 heavy (non-hydrogen) atoms. The molecular weight excluding hydrogens is 164 g/mol. The van der Waals surface area contributed by atoms with E-state index in [-0.39, 0.29) is 5.54 Å². The monoisotopic (exact) mass is 182 g/mol. The zero-order chi connectivity index (χ0) is 9.73. The van der Waals surface area contributed by atoms with E-state index < -0.39 is 0 Å². The summed E-state index contributed by atoms with van der Waals surface area (Å²) in [7, 11) is 0. The summed E-state index contributed by atoms with van der Waals surface area (Å²) in [5.74, 6) is 2.48. The second kappa shape index (κ2) is 4.61. The molecule has 1 rings (SSSR count). The molecule has 0 saturated carbocycles. The predicted octanol–water partition coefficient (Wildman–Crippen LogP) is 0.625. The van der Waals surface area contributed by atoms with Gasteiger partial charge in [0.15, 0.2) is 0 Å². The van der Waals surface area contributed by atoms with Crippen LogP contribution in [0.1, 0.15) is 20.3 Å². The minimum Gasteiger partial charge on any atom is -0.309 e. The lowest BCUT2D eigenvalue weighted by Crippen LogP contribution is -2.58. The quantitative estimate of drug-likeness (QED) is 0.648. The van der Waals surface area contributed by atoms with Crippen molar-refractivity contribution in [1.82, 2.24) is 10.4 Å². The third kappa shape index (κ3) is 3.00. The first-order chi connectivity index (χ1) is 6.20. The largest absolute Gasteiger partial charge is 0.309 e. The molecule has 0 radical (unpaired) electrons. The number of piperazine rings is 1. The predicted molar refractivity (Wildman–Crippen MR) is 53.1 cm³/mol. The van der Waals surface area contributed by atoms with E-state index in [1.54, 1.807) is 0 Å².